The molecule has 4 N–H and O–H groups in total. The van der Waals surface area contributed by atoms with Crippen LogP contribution in [0.1, 0.15) is 43.2 Å². The van der Waals surface area contributed by atoms with Crippen LogP contribution in [0.5, 0.6) is 11.6 Å². The first-order chi connectivity index (χ1) is 18.9. The smallest absolute Gasteiger partial charge is 0.212 e. The number of ether oxygens (including phenoxy) is 1. The highest BCUT2D eigenvalue weighted by molar-refractivity contribution is 6.06. The molecule has 0 amide bonds. The van der Waals surface area contributed by atoms with E-state index in [0.29, 0.717) is 29.6 Å². The summed E-state index contributed by atoms with van der Waals surface area (Å²) in [7, 11) is 1.62. The number of aliphatic imine (C=N–C) groups is 1. The van der Waals surface area contributed by atoms with Crippen molar-refractivity contribution >= 4 is 22.7 Å². The van der Waals surface area contributed by atoms with Crippen molar-refractivity contribution in [2.75, 3.05) is 12.4 Å². The molecular weight excluding hydrogens is 488 g/mol. The fraction of sp³-hybridized carbons (Fsp3) is 0.387. The number of hydrogen-bond acceptors (Lipinski definition) is 6. The van der Waals surface area contributed by atoms with E-state index in [1.54, 1.807) is 25.3 Å². The Bertz CT molecular complexity index is 1550. The van der Waals surface area contributed by atoms with E-state index >= 15 is 0 Å². The second-order valence-corrected chi connectivity index (χ2v) is 11.6. The predicted molar refractivity (Wildman–Crippen MR) is 153 cm³/mol. The maximum atomic E-state index is 9.85. The van der Waals surface area contributed by atoms with E-state index in [-0.39, 0.29) is 5.75 Å². The predicted octanol–water partition coefficient (Wildman–Crippen LogP) is 5.69. The number of fused-ring (bicyclic) bond motifs is 1. The Labute approximate surface area is 227 Å². The summed E-state index contributed by atoms with van der Waals surface area (Å²) in [5.41, 5.74) is 13.0. The van der Waals surface area contributed by atoms with Gasteiger partial charge in [0.05, 0.1) is 35.8 Å². The van der Waals surface area contributed by atoms with Crippen LogP contribution in [0.15, 0.2) is 60.0 Å². The van der Waals surface area contributed by atoms with Gasteiger partial charge in [-0.15, -0.1) is 0 Å². The number of rotatable bonds is 6. The number of methoxy groups -OCH3 is 1. The second-order valence-electron chi connectivity index (χ2n) is 11.6. The van der Waals surface area contributed by atoms with E-state index in [4.69, 9.17) is 20.6 Å². The van der Waals surface area contributed by atoms with E-state index in [1.165, 1.54) is 32.1 Å². The molecule has 3 aromatic heterocycles. The highest BCUT2D eigenvalue weighted by atomic mass is 16.5. The number of nitrogens with two attached hydrogens (primary N) is 1. The molecule has 8 nitrogen and oxygen atoms in total. The molecule has 3 heterocycles. The van der Waals surface area contributed by atoms with Gasteiger partial charge in [-0.1, -0.05) is 0 Å². The third kappa shape index (κ3) is 4.28. The molecule has 0 aliphatic heterocycles. The molecule has 4 saturated carbocycles. The van der Waals surface area contributed by atoms with Crippen molar-refractivity contribution in [2.24, 2.45) is 34.4 Å². The summed E-state index contributed by atoms with van der Waals surface area (Å²) < 4.78 is 7.16. The molecule has 4 fully saturated rings. The second kappa shape index (κ2) is 9.29. The lowest BCUT2D eigenvalue weighted by molar-refractivity contribution is 0.00756. The highest BCUT2D eigenvalue weighted by Crippen LogP contribution is 2.54. The van der Waals surface area contributed by atoms with Gasteiger partial charge in [0, 0.05) is 35.6 Å². The van der Waals surface area contributed by atoms with Crippen molar-refractivity contribution in [3.8, 4) is 22.8 Å². The third-order valence-corrected chi connectivity index (χ3v) is 9.15. The Morgan fingerprint density at radius 2 is 1.79 bits per heavy atom. The number of aromatic nitrogens is 3. The number of hydrogen-bond donors (Lipinski definition) is 3. The van der Waals surface area contributed by atoms with Crippen molar-refractivity contribution < 1.29 is 9.84 Å². The summed E-state index contributed by atoms with van der Waals surface area (Å²) in [4.78, 5) is 9.17. The number of amidine groups is 1. The first-order valence-corrected chi connectivity index (χ1v) is 13.9. The van der Waals surface area contributed by atoms with Crippen LogP contribution in [0, 0.1) is 30.6 Å². The highest BCUT2D eigenvalue weighted by Gasteiger charge is 2.48. The van der Waals surface area contributed by atoms with Crippen molar-refractivity contribution in [2.45, 2.75) is 45.1 Å². The molecule has 200 valence electrons. The lowest BCUT2D eigenvalue weighted by Crippen LogP contribution is -2.51. The van der Waals surface area contributed by atoms with E-state index in [2.05, 4.69) is 16.4 Å². The molecule has 1 aromatic carbocycles. The molecule has 0 atom stereocenters. The van der Waals surface area contributed by atoms with Gasteiger partial charge in [-0.25, -0.2) is 14.5 Å². The van der Waals surface area contributed by atoms with Crippen LogP contribution >= 0.6 is 0 Å². The first kappa shape index (κ1) is 24.0. The summed E-state index contributed by atoms with van der Waals surface area (Å²) in [5, 5.41) is 18.6. The maximum absolute atomic E-state index is 9.85. The van der Waals surface area contributed by atoms with Crippen LogP contribution in [-0.2, 0) is 0 Å². The lowest BCUT2D eigenvalue weighted by atomic mass is 9.54. The standard InChI is InChI=1S/C31H34N6O2/c1-17-7-24(38)4-5-26(17)35-31(32)25-15-34-37-16-23(20-3-6-28(39-2)33-14-20)13-27(37)30(25)36-29-21-9-18-8-19(11-21)12-22(29)10-18/h3-7,13-16,18-19,21-22,29,36,38H,8-12H2,1-2H3,(H2,32,35). The molecule has 4 bridgehead atoms. The van der Waals surface area contributed by atoms with Crippen LogP contribution in [-0.4, -0.2) is 38.7 Å². The number of anilines is 1. The Hall–Kier alpha value is -4.07. The van der Waals surface area contributed by atoms with Crippen LogP contribution in [0.4, 0.5) is 11.4 Å². The molecule has 39 heavy (non-hydrogen) atoms. The summed E-state index contributed by atoms with van der Waals surface area (Å²) in [6.45, 7) is 1.92. The van der Waals surface area contributed by atoms with Crippen molar-refractivity contribution in [3.05, 3.63) is 66.1 Å². The Morgan fingerprint density at radius 3 is 2.46 bits per heavy atom. The minimum atomic E-state index is 0.214. The number of benzene rings is 1. The zero-order valence-corrected chi connectivity index (χ0v) is 22.3. The molecular formula is C31H34N6O2. The van der Waals surface area contributed by atoms with Gasteiger partial charge in [0.15, 0.2) is 0 Å². The molecule has 8 heteroatoms. The van der Waals surface area contributed by atoms with Gasteiger partial charge in [0.25, 0.3) is 0 Å². The van der Waals surface area contributed by atoms with E-state index < -0.39 is 0 Å². The van der Waals surface area contributed by atoms with Gasteiger partial charge in [-0.2, -0.15) is 5.10 Å². The van der Waals surface area contributed by atoms with E-state index in [0.717, 1.165) is 51.0 Å². The molecule has 0 unspecified atom stereocenters. The van der Waals surface area contributed by atoms with E-state index in [9.17, 15) is 5.11 Å². The molecule has 4 aromatic rings. The number of aromatic hydroxyl groups is 1. The Balaban J connectivity index is 1.33. The zero-order chi connectivity index (χ0) is 26.7. The van der Waals surface area contributed by atoms with E-state index in [1.807, 2.05) is 42.2 Å². The molecule has 0 radical (unpaired) electrons. The van der Waals surface area contributed by atoms with Gasteiger partial charge < -0.3 is 20.9 Å². The number of pyridine rings is 1. The fourth-order valence-corrected chi connectivity index (χ4v) is 7.51. The minimum absolute atomic E-state index is 0.214. The van der Waals surface area contributed by atoms with Gasteiger partial charge in [0.2, 0.25) is 5.88 Å². The van der Waals surface area contributed by atoms with Crippen LogP contribution in [0.3, 0.4) is 0 Å². The van der Waals surface area contributed by atoms with Crippen molar-refractivity contribution in [1.29, 1.82) is 0 Å². The largest absolute Gasteiger partial charge is 0.508 e. The monoisotopic (exact) mass is 522 g/mol. The lowest BCUT2D eigenvalue weighted by Gasteiger charge is -2.54. The topological polar surface area (TPSA) is 110 Å². The summed E-state index contributed by atoms with van der Waals surface area (Å²) in [5.74, 6) is 4.38. The number of aryl methyl sites for hydroxylation is 1. The number of phenols is 1. The molecule has 0 saturated heterocycles. The molecule has 4 aliphatic carbocycles. The van der Waals surface area contributed by atoms with Crippen LogP contribution in [0.2, 0.25) is 0 Å². The molecule has 8 rings (SSSR count). The average molecular weight is 523 g/mol. The summed E-state index contributed by atoms with van der Waals surface area (Å²) >= 11 is 0. The van der Waals surface area contributed by atoms with Crippen molar-refractivity contribution in [1.82, 2.24) is 14.6 Å². The van der Waals surface area contributed by atoms with Crippen molar-refractivity contribution in [3.63, 3.8) is 0 Å². The number of phenolic OH excluding ortho intramolecular Hbond substituents is 1. The van der Waals surface area contributed by atoms with Crippen LogP contribution < -0.4 is 15.8 Å². The molecule has 0 spiro atoms. The SMILES string of the molecule is COc1ccc(-c2cc3c(NC4C5CC6CC(C5)CC4C6)c(/C(N)=N/c4ccc(O)cc4C)cnn3c2)cn1. The normalized spacial score (nSPS) is 25.8. The van der Waals surface area contributed by atoms with Gasteiger partial charge in [-0.3, -0.25) is 0 Å². The third-order valence-electron chi connectivity index (χ3n) is 9.15. The van der Waals surface area contributed by atoms with Gasteiger partial charge >= 0.3 is 0 Å². The number of nitrogens with zero attached hydrogens (tertiary/aromatic N) is 4. The number of nitrogens with one attached hydrogen (secondary N) is 1. The molecule has 4 aliphatic rings. The van der Waals surface area contributed by atoms with Crippen LogP contribution in [0.25, 0.3) is 16.6 Å². The fourth-order valence-electron chi connectivity index (χ4n) is 7.51. The maximum Gasteiger partial charge on any atom is 0.212 e. The van der Waals surface area contributed by atoms with Gasteiger partial charge in [0.1, 0.15) is 11.6 Å². The Kier molecular flexibility index (Phi) is 5.72. The summed E-state index contributed by atoms with van der Waals surface area (Å²) in [6, 6.07) is 11.6. The first-order valence-electron chi connectivity index (χ1n) is 13.9. The quantitative estimate of drug-likeness (QED) is 0.222. The summed E-state index contributed by atoms with van der Waals surface area (Å²) in [6.07, 6.45) is 12.4. The Morgan fingerprint density at radius 1 is 1.03 bits per heavy atom. The van der Waals surface area contributed by atoms with Gasteiger partial charge in [-0.05, 0) is 98.6 Å². The average Bonchev–Trinajstić information content (AvgIpc) is 3.37. The minimum Gasteiger partial charge on any atom is -0.508 e. The zero-order valence-electron chi connectivity index (χ0n) is 22.3.